The van der Waals surface area contributed by atoms with E-state index in [1.807, 2.05) is 0 Å². The molecule has 2 nitrogen and oxygen atoms in total. The third-order valence-electron chi connectivity index (χ3n) is 9.00. The molecule has 2 heteroatoms. The summed E-state index contributed by atoms with van der Waals surface area (Å²) in [7, 11) is 0. The molecule has 2 aliphatic rings. The van der Waals surface area contributed by atoms with Crippen LogP contribution in [-0.4, -0.2) is 37.2 Å². The molecule has 0 aromatic carbocycles. The topological polar surface area (TPSA) is 12.5 Å². The zero-order valence-electron chi connectivity index (χ0n) is 23.4. The first-order valence-corrected chi connectivity index (χ1v) is 15.5. The van der Waals surface area contributed by atoms with Gasteiger partial charge < -0.3 is 9.64 Å². The Balaban J connectivity index is 1.57. The summed E-state index contributed by atoms with van der Waals surface area (Å²) in [5, 5.41) is 0. The van der Waals surface area contributed by atoms with Crippen LogP contribution in [0, 0.1) is 17.3 Å². The Labute approximate surface area is 209 Å². The van der Waals surface area contributed by atoms with Crippen molar-refractivity contribution >= 4 is 0 Å². The minimum absolute atomic E-state index is 0.515. The molecule has 2 fully saturated rings. The highest BCUT2D eigenvalue weighted by Crippen LogP contribution is 2.54. The number of piperidine rings is 1. The lowest BCUT2D eigenvalue weighted by molar-refractivity contribution is -0.0260. The van der Waals surface area contributed by atoms with Gasteiger partial charge in [0.2, 0.25) is 0 Å². The molecule has 0 N–H and O–H groups in total. The van der Waals surface area contributed by atoms with Gasteiger partial charge in [-0.25, -0.2) is 0 Å². The summed E-state index contributed by atoms with van der Waals surface area (Å²) in [6.45, 7) is 14.4. The molecule has 1 aliphatic carbocycles. The number of unbranched alkanes of at least 4 members (excludes halogenated alkanes) is 6. The van der Waals surface area contributed by atoms with Gasteiger partial charge in [-0.05, 0) is 94.5 Å². The molecule has 1 saturated heterocycles. The number of likely N-dealkylation sites (tertiary alicyclic amines) is 1. The standard InChI is InChI=1S/C31H61NO/c1-5-9-12-16-28(17-13-10-6-2)27-32-22-20-31(21-23-32)25-29(26-31)18-15-24-33-30(8-4)19-14-11-7-3/h28-30H,5-27H2,1-4H3. The summed E-state index contributed by atoms with van der Waals surface area (Å²) in [6, 6.07) is 0. The minimum Gasteiger partial charge on any atom is -0.378 e. The molecule has 1 unspecified atom stereocenters. The van der Waals surface area contributed by atoms with Crippen LogP contribution in [0.3, 0.4) is 0 Å². The van der Waals surface area contributed by atoms with Crippen molar-refractivity contribution in [1.82, 2.24) is 4.90 Å². The maximum atomic E-state index is 6.21. The Morgan fingerprint density at radius 1 is 0.758 bits per heavy atom. The number of ether oxygens (including phenoxy) is 1. The molecule has 1 heterocycles. The second-order valence-corrected chi connectivity index (χ2v) is 12.0. The van der Waals surface area contributed by atoms with E-state index < -0.39 is 0 Å². The summed E-state index contributed by atoms with van der Waals surface area (Å²) >= 11 is 0. The normalized spacial score (nSPS) is 19.9. The molecule has 196 valence electrons. The van der Waals surface area contributed by atoms with Crippen molar-refractivity contribution in [3.05, 3.63) is 0 Å². The van der Waals surface area contributed by atoms with Crippen molar-refractivity contribution in [3.8, 4) is 0 Å². The summed E-state index contributed by atoms with van der Waals surface area (Å²) in [4.78, 5) is 2.85. The first-order chi connectivity index (χ1) is 16.1. The van der Waals surface area contributed by atoms with E-state index in [-0.39, 0.29) is 0 Å². The number of nitrogens with zero attached hydrogens (tertiary/aromatic N) is 1. The molecular weight excluding hydrogens is 402 g/mol. The molecule has 0 bridgehead atoms. The Morgan fingerprint density at radius 3 is 1.88 bits per heavy atom. The van der Waals surface area contributed by atoms with E-state index in [4.69, 9.17) is 4.74 Å². The quantitative estimate of drug-likeness (QED) is 0.167. The Morgan fingerprint density at radius 2 is 1.33 bits per heavy atom. The Bertz CT molecular complexity index is 438. The molecule has 1 saturated carbocycles. The lowest BCUT2D eigenvalue weighted by Gasteiger charge is -2.53. The maximum Gasteiger partial charge on any atom is 0.0572 e. The lowest BCUT2D eigenvalue weighted by Crippen LogP contribution is -2.48. The van der Waals surface area contributed by atoms with Crippen molar-refractivity contribution < 1.29 is 4.74 Å². The average molecular weight is 464 g/mol. The number of hydrogen-bond acceptors (Lipinski definition) is 2. The zero-order valence-corrected chi connectivity index (χ0v) is 23.4. The van der Waals surface area contributed by atoms with Gasteiger partial charge in [-0.1, -0.05) is 85.5 Å². The monoisotopic (exact) mass is 463 g/mol. The minimum atomic E-state index is 0.515. The molecule has 0 radical (unpaired) electrons. The summed E-state index contributed by atoms with van der Waals surface area (Å²) in [6.07, 6.45) is 27.1. The van der Waals surface area contributed by atoms with E-state index in [1.54, 1.807) is 0 Å². The largest absolute Gasteiger partial charge is 0.378 e. The van der Waals surface area contributed by atoms with Crippen LogP contribution >= 0.6 is 0 Å². The predicted molar refractivity (Wildman–Crippen MR) is 146 cm³/mol. The van der Waals surface area contributed by atoms with Crippen LogP contribution in [0.15, 0.2) is 0 Å². The molecule has 2 rings (SSSR count). The lowest BCUT2D eigenvalue weighted by atomic mass is 9.56. The first kappa shape index (κ1) is 29.2. The molecular formula is C31H61NO. The fourth-order valence-corrected chi connectivity index (χ4v) is 6.69. The second-order valence-electron chi connectivity index (χ2n) is 12.0. The van der Waals surface area contributed by atoms with Crippen LogP contribution in [-0.2, 0) is 4.74 Å². The molecule has 1 aliphatic heterocycles. The van der Waals surface area contributed by atoms with Crippen LogP contribution in [0.1, 0.15) is 150 Å². The van der Waals surface area contributed by atoms with Crippen LogP contribution in [0.2, 0.25) is 0 Å². The third-order valence-corrected chi connectivity index (χ3v) is 9.00. The summed E-state index contributed by atoms with van der Waals surface area (Å²) in [5.74, 6) is 1.95. The number of hydrogen-bond donors (Lipinski definition) is 0. The van der Waals surface area contributed by atoms with Gasteiger partial charge in [0.15, 0.2) is 0 Å². The number of rotatable bonds is 20. The van der Waals surface area contributed by atoms with Gasteiger partial charge in [0.1, 0.15) is 0 Å². The van der Waals surface area contributed by atoms with Gasteiger partial charge in [0, 0.05) is 13.2 Å². The molecule has 0 aromatic rings. The molecule has 0 aromatic heterocycles. The van der Waals surface area contributed by atoms with Crippen LogP contribution in [0.5, 0.6) is 0 Å². The van der Waals surface area contributed by atoms with E-state index in [0.29, 0.717) is 6.10 Å². The highest BCUT2D eigenvalue weighted by Gasteiger charge is 2.45. The van der Waals surface area contributed by atoms with Crippen molar-refractivity contribution in [1.29, 1.82) is 0 Å². The second kappa shape index (κ2) is 17.4. The van der Waals surface area contributed by atoms with Gasteiger partial charge in [0.05, 0.1) is 6.10 Å². The first-order valence-electron chi connectivity index (χ1n) is 15.5. The van der Waals surface area contributed by atoms with Crippen LogP contribution < -0.4 is 0 Å². The Hall–Kier alpha value is -0.0800. The summed E-state index contributed by atoms with van der Waals surface area (Å²) in [5.41, 5.74) is 0.730. The molecule has 0 amide bonds. The van der Waals surface area contributed by atoms with Crippen molar-refractivity contribution in [2.45, 2.75) is 156 Å². The maximum absolute atomic E-state index is 6.21. The average Bonchev–Trinajstić information content (AvgIpc) is 2.80. The highest BCUT2D eigenvalue weighted by atomic mass is 16.5. The van der Waals surface area contributed by atoms with Gasteiger partial charge in [-0.15, -0.1) is 0 Å². The molecule has 33 heavy (non-hydrogen) atoms. The van der Waals surface area contributed by atoms with Gasteiger partial charge in [0.25, 0.3) is 0 Å². The van der Waals surface area contributed by atoms with Crippen molar-refractivity contribution in [2.75, 3.05) is 26.2 Å². The fourth-order valence-electron chi connectivity index (χ4n) is 6.69. The van der Waals surface area contributed by atoms with E-state index in [0.717, 1.165) is 23.9 Å². The smallest absolute Gasteiger partial charge is 0.0572 e. The SMILES string of the molecule is CCCCCC(CCCCC)CN1CCC2(CC1)CC(CCCOC(CC)CCCCC)C2. The fraction of sp³-hybridized carbons (Fsp3) is 1.00. The predicted octanol–water partition coefficient (Wildman–Crippen LogP) is 9.41. The van der Waals surface area contributed by atoms with Gasteiger partial charge in [-0.3, -0.25) is 0 Å². The van der Waals surface area contributed by atoms with Crippen molar-refractivity contribution in [3.63, 3.8) is 0 Å². The molecule has 1 spiro atoms. The van der Waals surface area contributed by atoms with E-state index in [2.05, 4.69) is 32.6 Å². The summed E-state index contributed by atoms with van der Waals surface area (Å²) < 4.78 is 6.21. The van der Waals surface area contributed by atoms with Gasteiger partial charge >= 0.3 is 0 Å². The molecule has 1 atom stereocenters. The van der Waals surface area contributed by atoms with E-state index >= 15 is 0 Å². The van der Waals surface area contributed by atoms with Gasteiger partial charge in [-0.2, -0.15) is 0 Å². The third kappa shape index (κ3) is 11.5. The zero-order chi connectivity index (χ0) is 23.8. The van der Waals surface area contributed by atoms with Crippen LogP contribution in [0.4, 0.5) is 0 Å². The van der Waals surface area contributed by atoms with Crippen LogP contribution in [0.25, 0.3) is 0 Å². The highest BCUT2D eigenvalue weighted by molar-refractivity contribution is 4.97. The van der Waals surface area contributed by atoms with Crippen molar-refractivity contribution in [2.24, 2.45) is 17.3 Å². The Kier molecular flexibility index (Phi) is 15.3. The van der Waals surface area contributed by atoms with E-state index in [9.17, 15) is 0 Å². The van der Waals surface area contributed by atoms with E-state index in [1.165, 1.54) is 142 Å².